The molecule has 0 amide bonds. The average Bonchev–Trinajstić information content (AvgIpc) is 2.85. The van der Waals surface area contributed by atoms with E-state index in [4.69, 9.17) is 5.10 Å². The zero-order valence-corrected chi connectivity index (χ0v) is 13.3. The van der Waals surface area contributed by atoms with Gasteiger partial charge in [0.2, 0.25) is 0 Å². The minimum Gasteiger partial charge on any atom is -0.366 e. The van der Waals surface area contributed by atoms with Crippen LogP contribution in [0.15, 0.2) is 5.57 Å². The second-order valence-corrected chi connectivity index (χ2v) is 6.87. The Morgan fingerprint density at radius 2 is 1.95 bits per heavy atom. The summed E-state index contributed by atoms with van der Waals surface area (Å²) in [6.07, 6.45) is 9.13. The minimum absolute atomic E-state index is 0.504. The molecular formula is C17H26N4. The van der Waals surface area contributed by atoms with Gasteiger partial charge < -0.3 is 5.32 Å². The molecule has 0 unspecified atom stereocenters. The van der Waals surface area contributed by atoms with E-state index < -0.39 is 0 Å². The minimum atomic E-state index is 0.504. The first-order chi connectivity index (χ1) is 10.3. The Morgan fingerprint density at radius 1 is 1.10 bits per heavy atom. The lowest BCUT2D eigenvalue weighted by molar-refractivity contribution is 0.182. The van der Waals surface area contributed by atoms with E-state index in [0.717, 1.165) is 6.54 Å². The fourth-order valence-electron chi connectivity index (χ4n) is 4.35. The number of nitrogens with zero attached hydrogens (tertiary/aromatic N) is 3. The first-order valence-corrected chi connectivity index (χ1v) is 8.48. The summed E-state index contributed by atoms with van der Waals surface area (Å²) in [5.41, 5.74) is 6.05. The van der Waals surface area contributed by atoms with Crippen LogP contribution in [0, 0.1) is 0 Å². The highest BCUT2D eigenvalue weighted by atomic mass is 15.3. The third-order valence-electron chi connectivity index (χ3n) is 5.51. The molecule has 114 valence electrons. The molecule has 4 nitrogen and oxygen atoms in total. The maximum atomic E-state index is 4.94. The van der Waals surface area contributed by atoms with Gasteiger partial charge in [0.15, 0.2) is 0 Å². The number of allylic oxidation sites excluding steroid dienone is 1. The highest BCUT2D eigenvalue weighted by Gasteiger charge is 2.33. The van der Waals surface area contributed by atoms with Gasteiger partial charge in [0.25, 0.3) is 0 Å². The molecule has 1 aliphatic carbocycles. The SMILES string of the molecule is CN1CCCC[C@H]1c1nn(C)c2c1C1=C(CCCC1)CN2. The lowest BCUT2D eigenvalue weighted by Gasteiger charge is -2.33. The molecule has 0 bridgehead atoms. The maximum absolute atomic E-state index is 4.94. The molecule has 0 saturated carbocycles. The molecule has 4 heteroatoms. The van der Waals surface area contributed by atoms with Crippen LogP contribution in [0.5, 0.6) is 0 Å². The number of rotatable bonds is 1. The lowest BCUT2D eigenvalue weighted by atomic mass is 9.83. The van der Waals surface area contributed by atoms with E-state index in [9.17, 15) is 0 Å². The van der Waals surface area contributed by atoms with E-state index >= 15 is 0 Å². The summed E-state index contributed by atoms with van der Waals surface area (Å²) >= 11 is 0. The summed E-state index contributed by atoms with van der Waals surface area (Å²) in [5.74, 6) is 1.25. The number of aryl methyl sites for hydroxylation is 1. The highest BCUT2D eigenvalue weighted by molar-refractivity contribution is 5.82. The van der Waals surface area contributed by atoms with E-state index in [1.54, 1.807) is 11.1 Å². The number of piperidine rings is 1. The fourth-order valence-corrected chi connectivity index (χ4v) is 4.35. The van der Waals surface area contributed by atoms with E-state index in [2.05, 4.69) is 29.0 Å². The highest BCUT2D eigenvalue weighted by Crippen LogP contribution is 2.44. The van der Waals surface area contributed by atoms with Crippen LogP contribution in [0.1, 0.15) is 62.2 Å². The van der Waals surface area contributed by atoms with Crippen molar-refractivity contribution in [3.63, 3.8) is 0 Å². The van der Waals surface area contributed by atoms with Crippen molar-refractivity contribution in [2.24, 2.45) is 7.05 Å². The van der Waals surface area contributed by atoms with Crippen LogP contribution in [-0.4, -0.2) is 34.8 Å². The summed E-state index contributed by atoms with van der Waals surface area (Å²) in [4.78, 5) is 2.50. The number of hydrogen-bond donors (Lipinski definition) is 1. The molecule has 1 N–H and O–H groups in total. The quantitative estimate of drug-likeness (QED) is 0.859. The molecule has 1 aromatic heterocycles. The monoisotopic (exact) mass is 286 g/mol. The maximum Gasteiger partial charge on any atom is 0.132 e. The fraction of sp³-hybridized carbons (Fsp3) is 0.706. The van der Waals surface area contributed by atoms with E-state index in [1.807, 2.05) is 0 Å². The van der Waals surface area contributed by atoms with Crippen LogP contribution in [0.2, 0.25) is 0 Å². The molecule has 1 fully saturated rings. The van der Waals surface area contributed by atoms with Crippen molar-refractivity contribution in [2.45, 2.75) is 51.0 Å². The summed E-state index contributed by atoms with van der Waals surface area (Å²) in [6.45, 7) is 2.23. The molecule has 21 heavy (non-hydrogen) atoms. The van der Waals surface area contributed by atoms with Crippen LogP contribution in [-0.2, 0) is 7.05 Å². The van der Waals surface area contributed by atoms with Gasteiger partial charge >= 0.3 is 0 Å². The summed E-state index contributed by atoms with van der Waals surface area (Å²) < 4.78 is 2.07. The molecule has 0 aromatic carbocycles. The Morgan fingerprint density at radius 3 is 2.81 bits per heavy atom. The third-order valence-corrected chi connectivity index (χ3v) is 5.51. The first kappa shape index (κ1) is 13.4. The summed E-state index contributed by atoms with van der Waals surface area (Å²) in [7, 11) is 4.35. The van der Waals surface area contributed by atoms with Crippen LogP contribution in [0.4, 0.5) is 5.82 Å². The van der Waals surface area contributed by atoms with Gasteiger partial charge in [-0.1, -0.05) is 6.42 Å². The van der Waals surface area contributed by atoms with E-state index in [0.29, 0.717) is 6.04 Å². The van der Waals surface area contributed by atoms with Crippen LogP contribution in [0.3, 0.4) is 0 Å². The van der Waals surface area contributed by atoms with E-state index in [1.165, 1.54) is 68.6 Å². The molecule has 1 aromatic rings. The molecule has 1 saturated heterocycles. The van der Waals surface area contributed by atoms with Crippen molar-refractivity contribution in [1.82, 2.24) is 14.7 Å². The molecule has 3 heterocycles. The van der Waals surface area contributed by atoms with Crippen molar-refractivity contribution in [3.8, 4) is 0 Å². The van der Waals surface area contributed by atoms with Gasteiger partial charge in [-0.05, 0) is 63.3 Å². The summed E-state index contributed by atoms with van der Waals surface area (Å²) in [5, 5.41) is 8.56. The number of anilines is 1. The number of nitrogens with one attached hydrogen (secondary N) is 1. The molecule has 0 spiro atoms. The number of likely N-dealkylation sites (tertiary alicyclic amines) is 1. The van der Waals surface area contributed by atoms with Crippen LogP contribution in [0.25, 0.3) is 5.57 Å². The molecule has 4 rings (SSSR count). The van der Waals surface area contributed by atoms with Gasteiger partial charge in [-0.3, -0.25) is 9.58 Å². The topological polar surface area (TPSA) is 33.1 Å². The smallest absolute Gasteiger partial charge is 0.132 e. The Hall–Kier alpha value is -1.29. The van der Waals surface area contributed by atoms with Crippen molar-refractivity contribution in [1.29, 1.82) is 0 Å². The Bertz CT molecular complexity index is 584. The molecule has 0 radical (unpaired) electrons. The predicted octanol–water partition coefficient (Wildman–Crippen LogP) is 3.33. The zero-order chi connectivity index (χ0) is 14.4. The average molecular weight is 286 g/mol. The van der Waals surface area contributed by atoms with Crippen LogP contribution < -0.4 is 5.32 Å². The van der Waals surface area contributed by atoms with Gasteiger partial charge in [-0.25, -0.2) is 0 Å². The van der Waals surface area contributed by atoms with Crippen molar-refractivity contribution in [3.05, 3.63) is 16.8 Å². The van der Waals surface area contributed by atoms with Gasteiger partial charge in [0.05, 0.1) is 11.7 Å². The Kier molecular flexibility index (Phi) is 3.29. The Labute approximate surface area is 127 Å². The van der Waals surface area contributed by atoms with Gasteiger partial charge in [0, 0.05) is 19.2 Å². The van der Waals surface area contributed by atoms with Crippen molar-refractivity contribution in [2.75, 3.05) is 25.5 Å². The molecule has 3 aliphatic rings. The standard InChI is InChI=1S/C17H26N4/c1-20-10-6-5-9-14(20)16-15-13-8-4-3-7-12(13)11-18-17(15)21(2)19-16/h14,18H,3-11H2,1-2H3/t14-/m0/s1. The number of fused-ring (bicyclic) bond motifs is 2. The normalized spacial score (nSPS) is 26.3. The van der Waals surface area contributed by atoms with E-state index in [-0.39, 0.29) is 0 Å². The second-order valence-electron chi connectivity index (χ2n) is 6.87. The third kappa shape index (κ3) is 2.11. The van der Waals surface area contributed by atoms with Gasteiger partial charge in [-0.2, -0.15) is 5.10 Å². The number of aromatic nitrogens is 2. The van der Waals surface area contributed by atoms with Gasteiger partial charge in [-0.15, -0.1) is 0 Å². The molecule has 1 atom stereocenters. The Balaban J connectivity index is 1.82. The van der Waals surface area contributed by atoms with Crippen LogP contribution >= 0.6 is 0 Å². The van der Waals surface area contributed by atoms with Gasteiger partial charge in [0.1, 0.15) is 5.82 Å². The number of hydrogen-bond acceptors (Lipinski definition) is 3. The zero-order valence-electron chi connectivity index (χ0n) is 13.3. The lowest BCUT2D eigenvalue weighted by Crippen LogP contribution is -2.30. The predicted molar refractivity (Wildman–Crippen MR) is 86.3 cm³/mol. The molecular weight excluding hydrogens is 260 g/mol. The largest absolute Gasteiger partial charge is 0.366 e. The molecule has 2 aliphatic heterocycles. The van der Waals surface area contributed by atoms with Crippen molar-refractivity contribution >= 4 is 11.4 Å². The summed E-state index contributed by atoms with van der Waals surface area (Å²) in [6, 6.07) is 0.504. The first-order valence-electron chi connectivity index (χ1n) is 8.48. The van der Waals surface area contributed by atoms with Crippen molar-refractivity contribution < 1.29 is 0 Å². The second kappa shape index (κ2) is 5.16.